The minimum Gasteiger partial charge on any atom is -0.496 e. The summed E-state index contributed by atoms with van der Waals surface area (Å²) in [5, 5.41) is 3.96. The van der Waals surface area contributed by atoms with Crippen LogP contribution in [0, 0.1) is 0 Å². The molecule has 1 unspecified atom stereocenters. The summed E-state index contributed by atoms with van der Waals surface area (Å²) in [6, 6.07) is 5.72. The Balaban J connectivity index is 2.28. The second kappa shape index (κ2) is 5.89. The number of hydrogen-bond acceptors (Lipinski definition) is 3. The fourth-order valence-electron chi connectivity index (χ4n) is 1.95. The number of likely N-dealkylation sites (N-methyl/N-ethyl adjacent to an activating group) is 1. The summed E-state index contributed by atoms with van der Waals surface area (Å²) in [6.45, 7) is 0. The number of nitrogens with zero attached hydrogens (tertiary/aromatic N) is 1. The summed E-state index contributed by atoms with van der Waals surface area (Å²) in [6.07, 6.45) is 4.31. The first-order valence-electron chi connectivity index (χ1n) is 5.73. The maximum Gasteiger partial charge on any atom is 0.123 e. The number of H-pyrrole nitrogens is 1. The molecule has 0 saturated heterocycles. The van der Waals surface area contributed by atoms with E-state index in [0.29, 0.717) is 5.02 Å². The fourth-order valence-corrected chi connectivity index (χ4v) is 2.13. The lowest BCUT2D eigenvalue weighted by molar-refractivity contribution is 0.400. The molecule has 1 aromatic carbocycles. The van der Waals surface area contributed by atoms with Crippen molar-refractivity contribution < 1.29 is 4.74 Å². The van der Waals surface area contributed by atoms with Crippen molar-refractivity contribution in [3.05, 3.63) is 47.0 Å². The van der Waals surface area contributed by atoms with Gasteiger partial charge in [0.25, 0.3) is 0 Å². The Labute approximate surface area is 111 Å². The van der Waals surface area contributed by atoms with Crippen molar-refractivity contribution >= 4 is 11.6 Å². The molecule has 18 heavy (non-hydrogen) atoms. The molecule has 0 radical (unpaired) electrons. The smallest absolute Gasteiger partial charge is 0.123 e. The number of benzene rings is 1. The van der Waals surface area contributed by atoms with E-state index in [2.05, 4.69) is 15.3 Å². The van der Waals surface area contributed by atoms with Gasteiger partial charge in [-0.25, -0.2) is 4.98 Å². The molecule has 5 heteroatoms. The van der Waals surface area contributed by atoms with Crippen molar-refractivity contribution in [1.82, 2.24) is 15.3 Å². The highest BCUT2D eigenvalue weighted by molar-refractivity contribution is 6.30. The number of hydrogen-bond donors (Lipinski definition) is 2. The van der Waals surface area contributed by atoms with Crippen molar-refractivity contribution in [3.8, 4) is 5.75 Å². The minimum absolute atomic E-state index is 0.102. The summed E-state index contributed by atoms with van der Waals surface area (Å²) in [5.74, 6) is 1.75. The monoisotopic (exact) mass is 265 g/mol. The number of methoxy groups -OCH3 is 1. The Morgan fingerprint density at radius 1 is 1.50 bits per heavy atom. The molecule has 0 aliphatic rings. The van der Waals surface area contributed by atoms with Crippen LogP contribution in [0.2, 0.25) is 5.02 Å². The fraction of sp³-hybridized carbons (Fsp3) is 0.308. The first kappa shape index (κ1) is 12.9. The standard InChI is InChI=1S/C13H16ClN3O/c1-15-11(8-13-16-5-6-17-13)10-7-9(14)3-4-12(10)18-2/h3-7,11,15H,8H2,1-2H3,(H,16,17). The molecule has 1 aromatic heterocycles. The van der Waals surface area contributed by atoms with Crippen LogP contribution in [0.5, 0.6) is 5.75 Å². The lowest BCUT2D eigenvalue weighted by atomic mass is 10.0. The van der Waals surface area contributed by atoms with E-state index >= 15 is 0 Å². The van der Waals surface area contributed by atoms with Crippen LogP contribution in [0.3, 0.4) is 0 Å². The molecule has 2 rings (SSSR count). The average Bonchev–Trinajstić information content (AvgIpc) is 2.88. The van der Waals surface area contributed by atoms with Crippen LogP contribution in [0.1, 0.15) is 17.4 Å². The molecule has 0 aliphatic carbocycles. The third-order valence-corrected chi connectivity index (χ3v) is 3.10. The summed E-state index contributed by atoms with van der Waals surface area (Å²) in [7, 11) is 3.57. The van der Waals surface area contributed by atoms with Gasteiger partial charge < -0.3 is 15.0 Å². The molecular weight excluding hydrogens is 250 g/mol. The normalized spacial score (nSPS) is 12.4. The number of imidazole rings is 1. The van der Waals surface area contributed by atoms with Crippen LogP contribution in [-0.2, 0) is 6.42 Å². The molecule has 1 heterocycles. The van der Waals surface area contributed by atoms with Gasteiger partial charge in [0, 0.05) is 35.4 Å². The lowest BCUT2D eigenvalue weighted by Crippen LogP contribution is -2.20. The number of ether oxygens (including phenoxy) is 1. The molecule has 0 bridgehead atoms. The molecule has 2 aromatic rings. The molecule has 4 nitrogen and oxygen atoms in total. The highest BCUT2D eigenvalue weighted by Gasteiger charge is 2.16. The van der Waals surface area contributed by atoms with E-state index in [0.717, 1.165) is 23.6 Å². The second-order valence-corrected chi connectivity index (χ2v) is 4.40. The van der Waals surface area contributed by atoms with E-state index in [4.69, 9.17) is 16.3 Å². The lowest BCUT2D eigenvalue weighted by Gasteiger charge is -2.18. The van der Waals surface area contributed by atoms with Crippen LogP contribution >= 0.6 is 11.6 Å². The van der Waals surface area contributed by atoms with Gasteiger partial charge in [0.05, 0.1) is 7.11 Å². The Morgan fingerprint density at radius 2 is 2.33 bits per heavy atom. The molecule has 0 spiro atoms. The van der Waals surface area contributed by atoms with Crippen LogP contribution in [0.15, 0.2) is 30.6 Å². The van der Waals surface area contributed by atoms with Gasteiger partial charge in [-0.05, 0) is 25.2 Å². The second-order valence-electron chi connectivity index (χ2n) is 3.97. The molecule has 0 aliphatic heterocycles. The van der Waals surface area contributed by atoms with Crippen molar-refractivity contribution in [3.63, 3.8) is 0 Å². The molecule has 0 fully saturated rings. The predicted octanol–water partition coefficient (Wildman–Crippen LogP) is 2.57. The first-order chi connectivity index (χ1) is 8.74. The molecule has 0 amide bonds. The van der Waals surface area contributed by atoms with Gasteiger partial charge in [-0.15, -0.1) is 0 Å². The Hall–Kier alpha value is -1.52. The van der Waals surface area contributed by atoms with E-state index < -0.39 is 0 Å². The number of aromatic amines is 1. The Morgan fingerprint density at radius 3 is 2.94 bits per heavy atom. The third-order valence-electron chi connectivity index (χ3n) is 2.87. The number of halogens is 1. The summed E-state index contributed by atoms with van der Waals surface area (Å²) >= 11 is 6.05. The summed E-state index contributed by atoms with van der Waals surface area (Å²) < 4.78 is 5.37. The van der Waals surface area contributed by atoms with Crippen molar-refractivity contribution in [2.24, 2.45) is 0 Å². The van der Waals surface area contributed by atoms with Crippen LogP contribution < -0.4 is 10.1 Å². The van der Waals surface area contributed by atoms with E-state index in [1.807, 2.05) is 31.4 Å². The average molecular weight is 266 g/mol. The van der Waals surface area contributed by atoms with Gasteiger partial charge in [0.15, 0.2) is 0 Å². The van der Waals surface area contributed by atoms with Gasteiger partial charge >= 0.3 is 0 Å². The van der Waals surface area contributed by atoms with E-state index in [1.54, 1.807) is 13.3 Å². The zero-order chi connectivity index (χ0) is 13.0. The summed E-state index contributed by atoms with van der Waals surface area (Å²) in [5.41, 5.74) is 1.03. The summed E-state index contributed by atoms with van der Waals surface area (Å²) in [4.78, 5) is 7.34. The van der Waals surface area contributed by atoms with E-state index in [1.165, 1.54) is 0 Å². The molecular formula is C13H16ClN3O. The SMILES string of the molecule is CNC(Cc1ncc[nH]1)c1cc(Cl)ccc1OC. The Kier molecular flexibility index (Phi) is 4.23. The van der Waals surface area contributed by atoms with Crippen molar-refractivity contribution in [1.29, 1.82) is 0 Å². The Bertz CT molecular complexity index is 499. The molecule has 2 N–H and O–H groups in total. The quantitative estimate of drug-likeness (QED) is 0.874. The van der Waals surface area contributed by atoms with Gasteiger partial charge in [-0.1, -0.05) is 11.6 Å². The molecule has 0 saturated carbocycles. The predicted molar refractivity (Wildman–Crippen MR) is 72.1 cm³/mol. The van der Waals surface area contributed by atoms with E-state index in [9.17, 15) is 0 Å². The van der Waals surface area contributed by atoms with Gasteiger partial charge in [0.1, 0.15) is 11.6 Å². The van der Waals surface area contributed by atoms with Gasteiger partial charge in [-0.2, -0.15) is 0 Å². The topological polar surface area (TPSA) is 49.9 Å². The van der Waals surface area contributed by atoms with Crippen LogP contribution in [-0.4, -0.2) is 24.1 Å². The highest BCUT2D eigenvalue weighted by Crippen LogP contribution is 2.29. The number of rotatable bonds is 5. The number of aromatic nitrogens is 2. The zero-order valence-corrected chi connectivity index (χ0v) is 11.2. The zero-order valence-electron chi connectivity index (χ0n) is 10.4. The van der Waals surface area contributed by atoms with Crippen molar-refractivity contribution in [2.75, 3.05) is 14.2 Å². The largest absolute Gasteiger partial charge is 0.496 e. The van der Waals surface area contributed by atoms with Gasteiger partial charge in [0.2, 0.25) is 0 Å². The van der Waals surface area contributed by atoms with E-state index in [-0.39, 0.29) is 6.04 Å². The molecule has 96 valence electrons. The van der Waals surface area contributed by atoms with Crippen molar-refractivity contribution in [2.45, 2.75) is 12.5 Å². The van der Waals surface area contributed by atoms with Crippen LogP contribution in [0.4, 0.5) is 0 Å². The molecule has 1 atom stereocenters. The maximum absolute atomic E-state index is 6.05. The third kappa shape index (κ3) is 2.83. The maximum atomic E-state index is 6.05. The van der Waals surface area contributed by atoms with Gasteiger partial charge in [-0.3, -0.25) is 0 Å². The van der Waals surface area contributed by atoms with Crippen LogP contribution in [0.25, 0.3) is 0 Å². The highest BCUT2D eigenvalue weighted by atomic mass is 35.5. The first-order valence-corrected chi connectivity index (χ1v) is 6.11. The number of nitrogens with one attached hydrogen (secondary N) is 2. The minimum atomic E-state index is 0.102.